The third-order valence-electron chi connectivity index (χ3n) is 2.47. The van der Waals surface area contributed by atoms with Crippen LogP contribution in [0, 0.1) is 0 Å². The predicted octanol–water partition coefficient (Wildman–Crippen LogP) is -0.508. The summed E-state index contributed by atoms with van der Waals surface area (Å²) in [6.45, 7) is 1.13. The van der Waals surface area contributed by atoms with Crippen LogP contribution in [0.25, 0.3) is 0 Å². The van der Waals surface area contributed by atoms with E-state index in [2.05, 4.69) is 15.1 Å². The van der Waals surface area contributed by atoms with Crippen LogP contribution in [-0.4, -0.2) is 44.1 Å². The Morgan fingerprint density at radius 2 is 2.18 bits per heavy atom. The molecule has 0 amide bonds. The first-order chi connectivity index (χ1) is 8.05. The van der Waals surface area contributed by atoms with E-state index < -0.39 is 10.0 Å². The van der Waals surface area contributed by atoms with Crippen molar-refractivity contribution in [3.05, 3.63) is 18.0 Å². The molecule has 0 atom stereocenters. The maximum absolute atomic E-state index is 11.6. The molecule has 0 aromatic carbocycles. The molecule has 0 aliphatic heterocycles. The van der Waals surface area contributed by atoms with Gasteiger partial charge in [-0.15, -0.1) is 0 Å². The first-order valence-corrected chi connectivity index (χ1v) is 7.29. The van der Waals surface area contributed by atoms with Crippen molar-refractivity contribution < 1.29 is 8.42 Å². The first kappa shape index (κ1) is 14.1. The van der Waals surface area contributed by atoms with E-state index in [-0.39, 0.29) is 5.75 Å². The Hall–Kier alpha value is -0.920. The van der Waals surface area contributed by atoms with E-state index in [1.54, 1.807) is 10.9 Å². The number of aromatic nitrogens is 2. The fraction of sp³-hybridized carbons (Fsp3) is 0.700. The summed E-state index contributed by atoms with van der Waals surface area (Å²) in [7, 11) is 0.512. The van der Waals surface area contributed by atoms with E-state index in [9.17, 15) is 8.42 Å². The van der Waals surface area contributed by atoms with E-state index in [0.717, 1.165) is 5.69 Å². The minimum atomic E-state index is -3.14. The number of rotatable bonds is 8. The number of hydrogen-bond acceptors (Lipinski definition) is 4. The maximum atomic E-state index is 11.6. The molecule has 0 saturated heterocycles. The number of aryl methyl sites for hydroxylation is 1. The fourth-order valence-electron chi connectivity index (χ4n) is 1.49. The summed E-state index contributed by atoms with van der Waals surface area (Å²) in [5.74, 6) is 0.166. The molecular weight excluding hydrogens is 240 g/mol. The topological polar surface area (TPSA) is 76.0 Å². The van der Waals surface area contributed by atoms with Crippen molar-refractivity contribution in [3.63, 3.8) is 0 Å². The highest BCUT2D eigenvalue weighted by atomic mass is 32.2. The minimum absolute atomic E-state index is 0.166. The van der Waals surface area contributed by atoms with E-state index in [1.807, 2.05) is 20.2 Å². The molecule has 1 aromatic heterocycles. The summed E-state index contributed by atoms with van der Waals surface area (Å²) in [6, 6.07) is 1.88. The summed E-state index contributed by atoms with van der Waals surface area (Å²) >= 11 is 0. The maximum Gasteiger partial charge on any atom is 0.211 e. The second-order valence-electron chi connectivity index (χ2n) is 3.87. The summed E-state index contributed by atoms with van der Waals surface area (Å²) in [5.41, 5.74) is 1.02. The zero-order valence-electron chi connectivity index (χ0n) is 10.3. The van der Waals surface area contributed by atoms with Crippen molar-refractivity contribution in [2.45, 2.75) is 12.8 Å². The Balaban J connectivity index is 2.28. The van der Waals surface area contributed by atoms with Crippen LogP contribution >= 0.6 is 0 Å². The van der Waals surface area contributed by atoms with Gasteiger partial charge in [-0.25, -0.2) is 13.1 Å². The second-order valence-corrected chi connectivity index (χ2v) is 5.79. The van der Waals surface area contributed by atoms with Gasteiger partial charge in [0.1, 0.15) is 0 Å². The molecular formula is C10H20N4O2S. The Bertz CT molecular complexity index is 427. The zero-order valence-corrected chi connectivity index (χ0v) is 11.1. The van der Waals surface area contributed by atoms with Crippen LogP contribution in [0.3, 0.4) is 0 Å². The molecule has 1 aromatic rings. The van der Waals surface area contributed by atoms with E-state index in [1.165, 1.54) is 0 Å². The molecule has 0 saturated carbocycles. The lowest BCUT2D eigenvalue weighted by molar-refractivity contribution is 0.575. The van der Waals surface area contributed by atoms with Gasteiger partial charge in [0, 0.05) is 31.9 Å². The van der Waals surface area contributed by atoms with Crippen LogP contribution in [0.4, 0.5) is 0 Å². The molecule has 98 valence electrons. The zero-order chi connectivity index (χ0) is 12.7. The highest BCUT2D eigenvalue weighted by Gasteiger charge is 2.09. The fourth-order valence-corrected chi connectivity index (χ4v) is 2.57. The second kappa shape index (κ2) is 6.73. The highest BCUT2D eigenvalue weighted by molar-refractivity contribution is 7.89. The standard InChI is InChI=1S/C10H20N4O2S/c1-11-6-3-9-17(15,16)13-8-5-10-4-7-12-14(10)2/h4,7,11,13H,3,5-6,8-9H2,1-2H3. The molecule has 0 spiro atoms. The quantitative estimate of drug-likeness (QED) is 0.617. The van der Waals surface area contributed by atoms with Gasteiger partial charge in [-0.3, -0.25) is 4.68 Å². The van der Waals surface area contributed by atoms with E-state index in [4.69, 9.17) is 0 Å². The summed E-state index contributed by atoms with van der Waals surface area (Å²) < 4.78 is 27.4. The van der Waals surface area contributed by atoms with Crippen molar-refractivity contribution >= 4 is 10.0 Å². The molecule has 7 heteroatoms. The lowest BCUT2D eigenvalue weighted by Gasteiger charge is -2.06. The third kappa shape index (κ3) is 5.29. The van der Waals surface area contributed by atoms with Gasteiger partial charge in [-0.2, -0.15) is 5.10 Å². The van der Waals surface area contributed by atoms with Crippen LogP contribution in [0.5, 0.6) is 0 Å². The molecule has 0 fully saturated rings. The SMILES string of the molecule is CNCCCS(=O)(=O)NCCc1ccnn1C. The predicted molar refractivity (Wildman–Crippen MR) is 67.2 cm³/mol. The summed E-state index contributed by atoms with van der Waals surface area (Å²) in [6.07, 6.45) is 2.98. The molecule has 0 radical (unpaired) electrons. The number of sulfonamides is 1. The van der Waals surface area contributed by atoms with Gasteiger partial charge in [-0.05, 0) is 26.1 Å². The van der Waals surface area contributed by atoms with Crippen LogP contribution in [0.1, 0.15) is 12.1 Å². The van der Waals surface area contributed by atoms with Crippen LogP contribution < -0.4 is 10.0 Å². The lowest BCUT2D eigenvalue weighted by atomic mass is 10.3. The number of hydrogen-bond donors (Lipinski definition) is 2. The van der Waals surface area contributed by atoms with Crippen molar-refractivity contribution in [1.82, 2.24) is 19.8 Å². The van der Waals surface area contributed by atoms with Crippen molar-refractivity contribution in [1.29, 1.82) is 0 Å². The number of nitrogens with one attached hydrogen (secondary N) is 2. The molecule has 1 rings (SSSR count). The van der Waals surface area contributed by atoms with Crippen LogP contribution in [0.15, 0.2) is 12.3 Å². The Kier molecular flexibility index (Phi) is 5.60. The molecule has 0 unspecified atom stereocenters. The Morgan fingerprint density at radius 1 is 1.41 bits per heavy atom. The Labute approximate surface area is 102 Å². The normalized spacial score (nSPS) is 11.9. The largest absolute Gasteiger partial charge is 0.320 e. The molecule has 0 bridgehead atoms. The minimum Gasteiger partial charge on any atom is -0.320 e. The van der Waals surface area contributed by atoms with Crippen molar-refractivity contribution in [2.75, 3.05) is 25.9 Å². The lowest BCUT2D eigenvalue weighted by Crippen LogP contribution is -2.29. The van der Waals surface area contributed by atoms with E-state index in [0.29, 0.717) is 25.9 Å². The molecule has 0 aliphatic carbocycles. The molecule has 0 aliphatic rings. The molecule has 1 heterocycles. The van der Waals surface area contributed by atoms with Crippen LogP contribution in [0.2, 0.25) is 0 Å². The monoisotopic (exact) mass is 260 g/mol. The van der Waals surface area contributed by atoms with Gasteiger partial charge in [0.2, 0.25) is 10.0 Å². The smallest absolute Gasteiger partial charge is 0.211 e. The molecule has 6 nitrogen and oxygen atoms in total. The molecule has 17 heavy (non-hydrogen) atoms. The van der Waals surface area contributed by atoms with Crippen molar-refractivity contribution in [3.8, 4) is 0 Å². The van der Waals surface area contributed by atoms with E-state index >= 15 is 0 Å². The third-order valence-corrected chi connectivity index (χ3v) is 3.94. The Morgan fingerprint density at radius 3 is 2.76 bits per heavy atom. The van der Waals surface area contributed by atoms with Gasteiger partial charge in [0.25, 0.3) is 0 Å². The van der Waals surface area contributed by atoms with Gasteiger partial charge in [0.15, 0.2) is 0 Å². The molecule has 2 N–H and O–H groups in total. The average molecular weight is 260 g/mol. The van der Waals surface area contributed by atoms with Crippen molar-refractivity contribution in [2.24, 2.45) is 7.05 Å². The average Bonchev–Trinajstić information content (AvgIpc) is 2.64. The van der Waals surface area contributed by atoms with Gasteiger partial charge < -0.3 is 5.32 Å². The van der Waals surface area contributed by atoms with Crippen LogP contribution in [-0.2, 0) is 23.5 Å². The van der Waals surface area contributed by atoms with Gasteiger partial charge in [0.05, 0.1) is 5.75 Å². The highest BCUT2D eigenvalue weighted by Crippen LogP contribution is 1.97. The van der Waals surface area contributed by atoms with Gasteiger partial charge >= 0.3 is 0 Å². The first-order valence-electron chi connectivity index (χ1n) is 5.64. The van der Waals surface area contributed by atoms with Gasteiger partial charge in [-0.1, -0.05) is 0 Å². The summed E-state index contributed by atoms with van der Waals surface area (Å²) in [4.78, 5) is 0. The number of nitrogens with zero attached hydrogens (tertiary/aromatic N) is 2. The summed E-state index contributed by atoms with van der Waals surface area (Å²) in [5, 5.41) is 6.95.